The van der Waals surface area contributed by atoms with Crippen LogP contribution in [0.2, 0.25) is 5.02 Å². The van der Waals surface area contributed by atoms with Crippen molar-refractivity contribution in [2.45, 2.75) is 58.8 Å². The number of hydrogen-bond donors (Lipinski definition) is 0. The van der Waals surface area contributed by atoms with Crippen molar-refractivity contribution in [3.63, 3.8) is 0 Å². The van der Waals surface area contributed by atoms with Crippen molar-refractivity contribution in [2.24, 2.45) is 0 Å². The third-order valence-corrected chi connectivity index (χ3v) is 7.27. The Hall–Kier alpha value is -3.23. The lowest BCUT2D eigenvalue weighted by Gasteiger charge is -2.23. The van der Waals surface area contributed by atoms with Crippen LogP contribution in [0.5, 0.6) is 0 Å². The Balaban J connectivity index is 1.91. The molecule has 37 heavy (non-hydrogen) atoms. The first-order valence-electron chi connectivity index (χ1n) is 11.2. The number of nitrogens with zero attached hydrogens (tertiary/aromatic N) is 4. The number of anilines is 1. The van der Waals surface area contributed by atoms with Crippen LogP contribution in [0, 0.1) is 0 Å². The Kier molecular flexibility index (Phi) is 9.10. The summed E-state index contributed by atoms with van der Waals surface area (Å²) in [6.07, 6.45) is -2.91. The molecule has 0 radical (unpaired) electrons. The van der Waals surface area contributed by atoms with E-state index in [-0.39, 0.29) is 24.6 Å². The molecule has 1 saturated heterocycles. The lowest BCUT2D eigenvalue weighted by Crippen LogP contribution is -2.40. The molecule has 15 heteroatoms. The highest BCUT2D eigenvalue weighted by molar-refractivity contribution is 7.92. The fraction of sp³-hybridized carbons (Fsp3) is 0.500. The molecular formula is C22H27ClN4O9S. The van der Waals surface area contributed by atoms with Gasteiger partial charge < -0.3 is 18.9 Å². The maximum atomic E-state index is 12.8. The Labute approximate surface area is 218 Å². The van der Waals surface area contributed by atoms with E-state index >= 15 is 0 Å². The average Bonchev–Trinajstić information content (AvgIpc) is 3.41. The molecule has 3 rings (SSSR count). The topological polar surface area (TPSA) is 156 Å². The number of aromatic nitrogens is 3. The molecule has 0 unspecified atom stereocenters. The van der Waals surface area contributed by atoms with Gasteiger partial charge in [0, 0.05) is 25.8 Å². The van der Waals surface area contributed by atoms with Gasteiger partial charge in [-0.2, -0.15) is 0 Å². The molecule has 0 N–H and O–H groups in total. The lowest BCUT2D eigenvalue weighted by atomic mass is 10.1. The SMILES string of the molecule is CCS(=O)(=O)N(Cc1cn([C@@H]2O[C@H](COC(C)=O)[C@@H](OC(C)=O)[C@H]2OC(C)=O)nn1)c1ccc(Cl)cc1. The van der Waals surface area contributed by atoms with Gasteiger partial charge in [-0.15, -0.1) is 5.10 Å². The summed E-state index contributed by atoms with van der Waals surface area (Å²) in [6.45, 7) is 4.64. The predicted octanol–water partition coefficient (Wildman–Crippen LogP) is 1.61. The van der Waals surface area contributed by atoms with E-state index < -0.39 is 52.5 Å². The van der Waals surface area contributed by atoms with Crippen LogP contribution < -0.4 is 4.31 Å². The fourth-order valence-corrected chi connectivity index (χ4v) is 4.89. The Morgan fingerprint density at radius 3 is 2.24 bits per heavy atom. The smallest absolute Gasteiger partial charge is 0.303 e. The van der Waals surface area contributed by atoms with Gasteiger partial charge in [-0.1, -0.05) is 16.8 Å². The van der Waals surface area contributed by atoms with E-state index in [9.17, 15) is 22.8 Å². The summed E-state index contributed by atoms with van der Waals surface area (Å²) in [5, 5.41) is 8.53. The van der Waals surface area contributed by atoms with Gasteiger partial charge in [0.05, 0.1) is 24.2 Å². The van der Waals surface area contributed by atoms with Crippen LogP contribution in [0.1, 0.15) is 39.6 Å². The molecule has 4 atom stereocenters. The number of rotatable bonds is 10. The average molecular weight is 559 g/mol. The summed E-state index contributed by atoms with van der Waals surface area (Å²) in [5.74, 6) is -2.08. The largest absolute Gasteiger partial charge is 0.463 e. The molecule has 1 aromatic heterocycles. The standard InChI is InChI=1S/C22H27ClN4O9S/c1-5-37(31,32)27(18-8-6-16(23)7-9-18)11-17-10-26(25-24-17)22-21(35-15(4)30)20(34-14(3)29)19(36-22)12-33-13(2)28/h6-10,19-22H,5,11-12H2,1-4H3/t19-,20-,21-,22-/m1/s1. The summed E-state index contributed by atoms with van der Waals surface area (Å²) in [5.41, 5.74) is 0.636. The summed E-state index contributed by atoms with van der Waals surface area (Å²) in [6, 6.07) is 6.28. The Bertz CT molecular complexity index is 1240. The highest BCUT2D eigenvalue weighted by atomic mass is 35.5. The highest BCUT2D eigenvalue weighted by Gasteiger charge is 2.51. The number of carbonyl (C=O) groups is 3. The third kappa shape index (κ3) is 7.17. The first kappa shape index (κ1) is 28.3. The Morgan fingerprint density at radius 1 is 1.05 bits per heavy atom. The molecular weight excluding hydrogens is 532 g/mol. The summed E-state index contributed by atoms with van der Waals surface area (Å²) in [7, 11) is -3.70. The van der Waals surface area contributed by atoms with Crippen molar-refractivity contribution in [1.29, 1.82) is 0 Å². The maximum Gasteiger partial charge on any atom is 0.303 e. The third-order valence-electron chi connectivity index (χ3n) is 5.28. The normalized spacial score (nSPS) is 21.3. The lowest BCUT2D eigenvalue weighted by molar-refractivity contribution is -0.166. The number of halogens is 1. The number of sulfonamides is 1. The first-order chi connectivity index (χ1) is 17.4. The minimum absolute atomic E-state index is 0.160. The predicted molar refractivity (Wildman–Crippen MR) is 129 cm³/mol. The van der Waals surface area contributed by atoms with Gasteiger partial charge in [-0.3, -0.25) is 18.7 Å². The van der Waals surface area contributed by atoms with E-state index in [1.54, 1.807) is 24.3 Å². The van der Waals surface area contributed by atoms with Crippen molar-refractivity contribution < 1.29 is 41.7 Å². The van der Waals surface area contributed by atoms with Crippen molar-refractivity contribution in [2.75, 3.05) is 16.7 Å². The van der Waals surface area contributed by atoms with E-state index in [1.807, 2.05) is 0 Å². The molecule has 0 amide bonds. The van der Waals surface area contributed by atoms with E-state index in [1.165, 1.54) is 42.9 Å². The summed E-state index contributed by atoms with van der Waals surface area (Å²) in [4.78, 5) is 34.9. The van der Waals surface area contributed by atoms with Crippen molar-refractivity contribution >= 4 is 45.2 Å². The second kappa shape index (κ2) is 11.9. The Morgan fingerprint density at radius 2 is 1.68 bits per heavy atom. The first-order valence-corrected chi connectivity index (χ1v) is 13.2. The molecule has 2 heterocycles. The minimum atomic E-state index is -3.70. The molecule has 202 valence electrons. The molecule has 1 aliphatic rings. The number of esters is 3. The van der Waals surface area contributed by atoms with Crippen molar-refractivity contribution in [3.05, 3.63) is 41.2 Å². The van der Waals surface area contributed by atoms with E-state index in [4.69, 9.17) is 30.5 Å². The molecule has 1 fully saturated rings. The number of hydrogen-bond acceptors (Lipinski definition) is 11. The van der Waals surface area contributed by atoms with Crippen LogP contribution >= 0.6 is 11.6 Å². The van der Waals surface area contributed by atoms with Crippen molar-refractivity contribution in [1.82, 2.24) is 15.0 Å². The fourth-order valence-electron chi connectivity index (χ4n) is 3.68. The zero-order valence-electron chi connectivity index (χ0n) is 20.6. The van der Waals surface area contributed by atoms with Gasteiger partial charge >= 0.3 is 17.9 Å². The van der Waals surface area contributed by atoms with Crippen LogP contribution in [-0.2, 0) is 49.9 Å². The maximum absolute atomic E-state index is 12.8. The van der Waals surface area contributed by atoms with Crippen LogP contribution in [0.3, 0.4) is 0 Å². The second-order valence-electron chi connectivity index (χ2n) is 8.09. The zero-order chi connectivity index (χ0) is 27.3. The molecule has 0 spiro atoms. The molecule has 0 aliphatic carbocycles. The van der Waals surface area contributed by atoms with Gasteiger partial charge in [0.1, 0.15) is 18.4 Å². The monoisotopic (exact) mass is 558 g/mol. The van der Waals surface area contributed by atoms with E-state index in [0.717, 1.165) is 0 Å². The minimum Gasteiger partial charge on any atom is -0.463 e. The number of benzene rings is 1. The van der Waals surface area contributed by atoms with Gasteiger partial charge in [0.25, 0.3) is 0 Å². The van der Waals surface area contributed by atoms with E-state index in [0.29, 0.717) is 10.7 Å². The second-order valence-corrected chi connectivity index (χ2v) is 10.7. The molecule has 1 aliphatic heterocycles. The number of ether oxygens (including phenoxy) is 4. The highest BCUT2D eigenvalue weighted by Crippen LogP contribution is 2.34. The molecule has 1 aromatic carbocycles. The van der Waals surface area contributed by atoms with Crippen LogP contribution in [0.15, 0.2) is 30.5 Å². The molecule has 0 bridgehead atoms. The van der Waals surface area contributed by atoms with Gasteiger partial charge in [-0.05, 0) is 31.2 Å². The summed E-state index contributed by atoms with van der Waals surface area (Å²) < 4.78 is 49.6. The van der Waals surface area contributed by atoms with Crippen LogP contribution in [0.4, 0.5) is 5.69 Å². The molecule has 0 saturated carbocycles. The van der Waals surface area contributed by atoms with Gasteiger partial charge in [0.15, 0.2) is 18.4 Å². The quantitative estimate of drug-likeness (QED) is 0.308. The van der Waals surface area contributed by atoms with E-state index in [2.05, 4.69) is 10.3 Å². The number of carbonyl (C=O) groups excluding carboxylic acids is 3. The van der Waals surface area contributed by atoms with Crippen LogP contribution in [-0.4, -0.2) is 72.0 Å². The molecule has 13 nitrogen and oxygen atoms in total. The van der Waals surface area contributed by atoms with Gasteiger partial charge in [0.2, 0.25) is 10.0 Å². The molecule has 2 aromatic rings. The van der Waals surface area contributed by atoms with Crippen molar-refractivity contribution in [3.8, 4) is 0 Å². The van der Waals surface area contributed by atoms with Crippen LogP contribution in [0.25, 0.3) is 0 Å². The van der Waals surface area contributed by atoms with Gasteiger partial charge in [-0.25, -0.2) is 13.1 Å². The summed E-state index contributed by atoms with van der Waals surface area (Å²) >= 11 is 5.94. The zero-order valence-corrected chi connectivity index (χ0v) is 22.1.